The van der Waals surface area contributed by atoms with Gasteiger partial charge in [-0.1, -0.05) is 113 Å². The molecule has 11 heteroatoms. The summed E-state index contributed by atoms with van der Waals surface area (Å²) < 4.78 is 32.6. The Morgan fingerprint density at radius 1 is 0.603 bits per heavy atom. The van der Waals surface area contributed by atoms with Crippen molar-refractivity contribution in [3.05, 3.63) is 155 Å². The third-order valence-electron chi connectivity index (χ3n) is 16.4. The van der Waals surface area contributed by atoms with E-state index in [0.717, 1.165) is 5.57 Å². The fraction of sp³-hybridized carbons (Fsp3) is 0.439. The van der Waals surface area contributed by atoms with Gasteiger partial charge in [0.25, 0.3) is 0 Å². The van der Waals surface area contributed by atoms with Gasteiger partial charge in [-0.3, -0.25) is 9.59 Å². The molecule has 354 valence electrons. The molecule has 68 heavy (non-hydrogen) atoms. The molecule has 0 amide bonds. The number of hydrogen-bond donors (Lipinski definition) is 0. The van der Waals surface area contributed by atoms with Gasteiger partial charge in [0.15, 0.2) is 5.78 Å². The van der Waals surface area contributed by atoms with Gasteiger partial charge >= 0.3 is 29.8 Å². The van der Waals surface area contributed by atoms with Gasteiger partial charge in [-0.2, -0.15) is 0 Å². The fourth-order valence-electron chi connectivity index (χ4n) is 12.9. The number of carbonyl (C=O) groups excluding carboxylic acids is 6. The summed E-state index contributed by atoms with van der Waals surface area (Å²) in [6.45, 7) is 10.5. The lowest BCUT2D eigenvalue weighted by Crippen LogP contribution is -2.70. The van der Waals surface area contributed by atoms with E-state index in [-0.39, 0.29) is 58.5 Å². The van der Waals surface area contributed by atoms with E-state index >= 15 is 4.79 Å². The number of hydrogen-bond acceptors (Lipinski definition) is 11. The number of allylic oxidation sites excluding steroid dienone is 1. The molecule has 5 aliphatic rings. The molecule has 1 aliphatic heterocycles. The lowest BCUT2D eigenvalue weighted by Gasteiger charge is -2.64. The van der Waals surface area contributed by atoms with Gasteiger partial charge < -0.3 is 23.7 Å². The van der Waals surface area contributed by atoms with Crippen molar-refractivity contribution in [1.29, 1.82) is 0 Å². The van der Waals surface area contributed by atoms with Crippen molar-refractivity contribution >= 4 is 35.6 Å². The maximum atomic E-state index is 15.1. The summed E-state index contributed by atoms with van der Waals surface area (Å²) in [6.07, 6.45) is -0.512. The van der Waals surface area contributed by atoms with Gasteiger partial charge in [0.1, 0.15) is 30.5 Å². The molecule has 4 aromatic rings. The summed E-state index contributed by atoms with van der Waals surface area (Å²) in [6, 6.07) is 34.1. The van der Waals surface area contributed by atoms with Crippen LogP contribution in [0.1, 0.15) is 115 Å². The molecule has 3 saturated carbocycles. The van der Waals surface area contributed by atoms with E-state index in [4.69, 9.17) is 23.7 Å². The molecule has 0 N–H and O–H groups in total. The third kappa shape index (κ3) is 8.69. The molecular weight excluding hydrogens is 861 g/mol. The minimum Gasteiger partial charge on any atom is -0.462 e. The minimum atomic E-state index is -1.31. The summed E-state index contributed by atoms with van der Waals surface area (Å²) in [7, 11) is 0. The quantitative estimate of drug-likeness (QED) is 0.105. The zero-order chi connectivity index (χ0) is 47.9. The Morgan fingerprint density at radius 3 is 1.57 bits per heavy atom. The predicted octanol–water partition coefficient (Wildman–Crippen LogP) is 10.1. The van der Waals surface area contributed by atoms with Crippen molar-refractivity contribution in [3.8, 4) is 0 Å². The van der Waals surface area contributed by atoms with E-state index in [1.54, 1.807) is 127 Å². The normalized spacial score (nSPS) is 32.2. The van der Waals surface area contributed by atoms with Crippen LogP contribution in [0, 0.1) is 52.3 Å². The molecule has 9 rings (SSSR count). The Labute approximate surface area is 397 Å². The summed E-state index contributed by atoms with van der Waals surface area (Å²) >= 11 is 0. The SMILES string of the molecule is CC(C)C1CC(=O)OC(C(C)C2=CC(=O)C3C4C(CC[C@]23C)[C@@]2(C)CC[C@@H](OC(=O)c3ccccc3)[C@H](OC(=O)c3ccccc3)C2[C@@H](OC(=O)c2ccccc2)[C@@H]4OC(=O)c2ccccc2)C1. The summed E-state index contributed by atoms with van der Waals surface area (Å²) in [5.41, 5.74) is 0.411. The highest BCUT2D eigenvalue weighted by Gasteiger charge is 2.71. The Balaban J connectivity index is 1.18. The smallest absolute Gasteiger partial charge is 0.338 e. The second-order valence-corrected chi connectivity index (χ2v) is 20.5. The van der Waals surface area contributed by atoms with E-state index < -0.39 is 83.0 Å². The van der Waals surface area contributed by atoms with E-state index in [2.05, 4.69) is 27.7 Å². The van der Waals surface area contributed by atoms with Gasteiger partial charge in [0.05, 0.1) is 22.3 Å². The number of fused-ring (bicyclic) bond motifs is 5. The standard InChI is InChI=1S/C57H60O11/c1-33(2)39-30-44(64-45(59)31-39)34(3)41-32-42(58)47-46-40(26-28-57(41,47)5)56(4)29-27-43(65-52(60)35-18-10-6-11-19-35)49(66-53(61)36-20-12-7-13-21-36)48(56)51(68-55(63)38-24-16-9-17-25-38)50(46)67-54(62)37-22-14-8-15-23-37/h6-25,32-34,39-40,43-44,46-51H,26-31H2,1-5H3/t34?,39?,40?,43-,44?,46?,47?,48?,49+,50-,51-,56-,57-/m1/s1. The lowest BCUT2D eigenvalue weighted by atomic mass is 9.42. The second-order valence-electron chi connectivity index (χ2n) is 20.5. The van der Waals surface area contributed by atoms with Gasteiger partial charge in [-0.25, -0.2) is 19.2 Å². The second kappa shape index (κ2) is 19.0. The number of ketones is 1. The zero-order valence-corrected chi connectivity index (χ0v) is 39.3. The van der Waals surface area contributed by atoms with Crippen molar-refractivity contribution in [2.24, 2.45) is 52.3 Å². The van der Waals surface area contributed by atoms with Crippen LogP contribution < -0.4 is 0 Å². The van der Waals surface area contributed by atoms with Crippen molar-refractivity contribution in [2.45, 2.75) is 104 Å². The average Bonchev–Trinajstić information content (AvgIpc) is 3.63. The van der Waals surface area contributed by atoms with E-state index in [9.17, 15) is 24.0 Å². The van der Waals surface area contributed by atoms with Gasteiger partial charge in [-0.05, 0) is 115 Å². The van der Waals surface area contributed by atoms with Crippen LogP contribution >= 0.6 is 0 Å². The van der Waals surface area contributed by atoms with Crippen molar-refractivity contribution < 1.29 is 52.5 Å². The Morgan fingerprint density at radius 2 is 1.07 bits per heavy atom. The first-order valence-corrected chi connectivity index (χ1v) is 24.2. The highest BCUT2D eigenvalue weighted by molar-refractivity contribution is 5.97. The highest BCUT2D eigenvalue weighted by Crippen LogP contribution is 2.68. The van der Waals surface area contributed by atoms with Crippen LogP contribution in [0.4, 0.5) is 0 Å². The third-order valence-corrected chi connectivity index (χ3v) is 16.4. The van der Waals surface area contributed by atoms with Crippen LogP contribution in [-0.2, 0) is 33.3 Å². The largest absolute Gasteiger partial charge is 0.462 e. The maximum Gasteiger partial charge on any atom is 0.338 e. The van der Waals surface area contributed by atoms with Gasteiger partial charge in [0, 0.05) is 30.1 Å². The first-order valence-electron chi connectivity index (χ1n) is 24.2. The molecule has 0 spiro atoms. The van der Waals surface area contributed by atoms with E-state index in [0.29, 0.717) is 37.7 Å². The first kappa shape index (κ1) is 46.7. The maximum absolute atomic E-state index is 15.1. The fourth-order valence-corrected chi connectivity index (χ4v) is 12.9. The average molecular weight is 921 g/mol. The monoisotopic (exact) mass is 920 g/mol. The Hall–Kier alpha value is -6.36. The lowest BCUT2D eigenvalue weighted by molar-refractivity contribution is -0.245. The van der Waals surface area contributed by atoms with Gasteiger partial charge in [0.2, 0.25) is 0 Å². The number of rotatable bonds is 11. The van der Waals surface area contributed by atoms with Crippen LogP contribution in [0.25, 0.3) is 0 Å². The number of carbonyl (C=O) groups is 6. The van der Waals surface area contributed by atoms with Gasteiger partial charge in [-0.15, -0.1) is 0 Å². The van der Waals surface area contributed by atoms with Crippen LogP contribution in [0.2, 0.25) is 0 Å². The molecule has 4 fully saturated rings. The molecule has 0 aromatic heterocycles. The van der Waals surface area contributed by atoms with Crippen molar-refractivity contribution in [1.82, 2.24) is 0 Å². The molecule has 1 heterocycles. The van der Waals surface area contributed by atoms with Crippen LogP contribution in [0.5, 0.6) is 0 Å². The zero-order valence-electron chi connectivity index (χ0n) is 39.3. The Kier molecular flexibility index (Phi) is 13.0. The molecule has 4 aromatic carbocycles. The predicted molar refractivity (Wildman–Crippen MR) is 251 cm³/mol. The van der Waals surface area contributed by atoms with Crippen molar-refractivity contribution in [2.75, 3.05) is 0 Å². The molecule has 13 atom stereocenters. The summed E-state index contributed by atoms with van der Waals surface area (Å²) in [5, 5.41) is 0. The Bertz CT molecular complexity index is 2560. The molecule has 1 saturated heterocycles. The summed E-state index contributed by atoms with van der Waals surface area (Å²) in [4.78, 5) is 85.8. The van der Waals surface area contributed by atoms with Crippen molar-refractivity contribution in [3.63, 3.8) is 0 Å². The minimum absolute atomic E-state index is 0.125. The number of esters is 5. The van der Waals surface area contributed by atoms with E-state index in [1.807, 2.05) is 6.92 Å². The molecule has 0 radical (unpaired) electrons. The highest BCUT2D eigenvalue weighted by atomic mass is 16.6. The van der Waals surface area contributed by atoms with E-state index in [1.165, 1.54) is 0 Å². The molecule has 11 nitrogen and oxygen atoms in total. The molecule has 0 bridgehead atoms. The molecule has 7 unspecified atom stereocenters. The topological polar surface area (TPSA) is 149 Å². The number of ether oxygens (including phenoxy) is 5. The molecular formula is C57H60O11. The first-order chi connectivity index (χ1) is 32.7. The molecule has 4 aliphatic carbocycles. The van der Waals surface area contributed by atoms with Crippen LogP contribution in [0.15, 0.2) is 133 Å². The van der Waals surface area contributed by atoms with Crippen LogP contribution in [0.3, 0.4) is 0 Å². The summed E-state index contributed by atoms with van der Waals surface area (Å²) in [5.74, 6) is -5.52. The van der Waals surface area contributed by atoms with Crippen LogP contribution in [-0.4, -0.2) is 66.1 Å². The number of cyclic esters (lactones) is 1. The number of benzene rings is 4.